The predicted molar refractivity (Wildman–Crippen MR) is 150 cm³/mol. The number of rotatable bonds is 10. The monoisotopic (exact) mass is 587 g/mol. The fourth-order valence-corrected chi connectivity index (χ4v) is 6.02. The summed E-state index contributed by atoms with van der Waals surface area (Å²) in [5.74, 6) is -0.783. The molecular weight excluding hydrogens is 557 g/mol. The number of nitrogens with one attached hydrogen (secondary N) is 1. The lowest BCUT2D eigenvalue weighted by molar-refractivity contribution is -0.140. The number of nitrogens with zero attached hydrogens (tertiary/aromatic N) is 2. The number of halogens is 3. The van der Waals surface area contributed by atoms with Gasteiger partial charge in [0.1, 0.15) is 12.6 Å². The van der Waals surface area contributed by atoms with Gasteiger partial charge in [-0.2, -0.15) is 0 Å². The molecule has 1 fully saturated rings. The maximum atomic E-state index is 13.8. The molecule has 0 aromatic heterocycles. The van der Waals surface area contributed by atoms with Crippen LogP contribution in [0, 0.1) is 6.92 Å². The van der Waals surface area contributed by atoms with Gasteiger partial charge in [-0.05, 0) is 43.9 Å². The number of aryl methyl sites for hydroxylation is 1. The molecule has 11 heteroatoms. The third kappa shape index (κ3) is 7.76. The number of sulfonamides is 1. The van der Waals surface area contributed by atoms with E-state index >= 15 is 0 Å². The summed E-state index contributed by atoms with van der Waals surface area (Å²) < 4.78 is 26.5. The Kier molecular flexibility index (Phi) is 10.1. The highest BCUT2D eigenvalue weighted by Crippen LogP contribution is 2.35. The molecule has 0 radical (unpaired) electrons. The zero-order valence-electron chi connectivity index (χ0n) is 21.1. The van der Waals surface area contributed by atoms with Gasteiger partial charge in [0.2, 0.25) is 21.8 Å². The van der Waals surface area contributed by atoms with Crippen LogP contribution in [0.5, 0.6) is 0 Å². The summed E-state index contributed by atoms with van der Waals surface area (Å²) in [6.07, 6.45) is 5.27. The second-order valence-corrected chi connectivity index (χ2v) is 12.5. The molecule has 7 nitrogen and oxygen atoms in total. The molecule has 1 aliphatic rings. The highest BCUT2D eigenvalue weighted by Gasteiger charge is 2.33. The van der Waals surface area contributed by atoms with Gasteiger partial charge in [0, 0.05) is 12.6 Å². The van der Waals surface area contributed by atoms with Crippen LogP contribution < -0.4 is 9.62 Å². The lowest BCUT2D eigenvalue weighted by Crippen LogP contribution is -2.53. The van der Waals surface area contributed by atoms with E-state index in [-0.39, 0.29) is 39.2 Å². The highest BCUT2D eigenvalue weighted by molar-refractivity contribution is 7.92. The quantitative estimate of drug-likeness (QED) is 0.367. The van der Waals surface area contributed by atoms with Crippen molar-refractivity contribution >= 4 is 62.3 Å². The fourth-order valence-electron chi connectivity index (χ4n) is 4.48. The maximum absolute atomic E-state index is 13.8. The first-order valence-electron chi connectivity index (χ1n) is 12.2. The normalized spacial score (nSPS) is 14.9. The van der Waals surface area contributed by atoms with Crippen molar-refractivity contribution in [2.24, 2.45) is 0 Å². The van der Waals surface area contributed by atoms with Crippen LogP contribution >= 0.6 is 34.8 Å². The van der Waals surface area contributed by atoms with Crippen molar-refractivity contribution in [3.63, 3.8) is 0 Å². The van der Waals surface area contributed by atoms with E-state index in [2.05, 4.69) is 5.32 Å². The first-order valence-corrected chi connectivity index (χ1v) is 15.2. The molecule has 2 aromatic rings. The Balaban J connectivity index is 1.96. The Labute approximate surface area is 234 Å². The van der Waals surface area contributed by atoms with Gasteiger partial charge in [-0.3, -0.25) is 13.9 Å². The standard InChI is InChI=1S/C26H32Cl3N3O4S/c1-4-23(26(34)30-19-7-5-6-8-19)31(15-18-11-9-17(2)10-12-18)25(33)16-32(37(3,35)36)24-14-21(28)20(27)13-22(24)29/h9-14,19,23H,4-8,15-16H2,1-3H3,(H,30,34)/t23-/m1/s1. The Hall–Kier alpha value is -2.00. The van der Waals surface area contributed by atoms with E-state index in [4.69, 9.17) is 34.8 Å². The molecule has 2 amide bonds. The Bertz CT molecular complexity index is 1230. The number of anilines is 1. The van der Waals surface area contributed by atoms with Crippen molar-refractivity contribution in [1.29, 1.82) is 0 Å². The van der Waals surface area contributed by atoms with Crippen LogP contribution in [0.1, 0.15) is 50.2 Å². The first kappa shape index (κ1) is 29.6. The lowest BCUT2D eigenvalue weighted by Gasteiger charge is -2.33. The van der Waals surface area contributed by atoms with Crippen LogP contribution in [-0.4, -0.2) is 50.0 Å². The van der Waals surface area contributed by atoms with Gasteiger partial charge in [-0.1, -0.05) is 84.4 Å². The average Bonchev–Trinajstić information content (AvgIpc) is 3.33. The summed E-state index contributed by atoms with van der Waals surface area (Å²) >= 11 is 18.5. The number of hydrogen-bond acceptors (Lipinski definition) is 4. The molecule has 1 atom stereocenters. The molecule has 0 spiro atoms. The lowest BCUT2D eigenvalue weighted by atomic mass is 10.1. The average molecular weight is 589 g/mol. The van der Waals surface area contributed by atoms with E-state index in [1.54, 1.807) is 0 Å². The van der Waals surface area contributed by atoms with Crippen LogP contribution in [-0.2, 0) is 26.2 Å². The molecular formula is C26H32Cl3N3O4S. The number of carbonyl (C=O) groups is 2. The van der Waals surface area contributed by atoms with Crippen LogP contribution in [0.2, 0.25) is 15.1 Å². The van der Waals surface area contributed by atoms with Crippen LogP contribution in [0.15, 0.2) is 36.4 Å². The summed E-state index contributed by atoms with van der Waals surface area (Å²) in [6, 6.07) is 9.58. The minimum absolute atomic E-state index is 0.0312. The predicted octanol–water partition coefficient (Wildman–Crippen LogP) is 5.59. The molecule has 0 bridgehead atoms. The second-order valence-electron chi connectivity index (χ2n) is 9.41. The van der Waals surface area contributed by atoms with Gasteiger partial charge in [-0.25, -0.2) is 8.42 Å². The van der Waals surface area contributed by atoms with Crippen molar-refractivity contribution in [3.8, 4) is 0 Å². The van der Waals surface area contributed by atoms with Gasteiger partial charge in [0.05, 0.1) is 27.0 Å². The van der Waals surface area contributed by atoms with Crippen LogP contribution in [0.4, 0.5) is 5.69 Å². The summed E-state index contributed by atoms with van der Waals surface area (Å²) in [7, 11) is -3.95. The van der Waals surface area contributed by atoms with Crippen LogP contribution in [0.25, 0.3) is 0 Å². The molecule has 37 heavy (non-hydrogen) atoms. The van der Waals surface area contributed by atoms with Crippen LogP contribution in [0.3, 0.4) is 0 Å². The van der Waals surface area contributed by atoms with Crippen molar-refractivity contribution in [1.82, 2.24) is 10.2 Å². The van der Waals surface area contributed by atoms with Gasteiger partial charge in [0.25, 0.3) is 0 Å². The number of hydrogen-bond donors (Lipinski definition) is 1. The van der Waals surface area contributed by atoms with Crippen molar-refractivity contribution in [2.75, 3.05) is 17.1 Å². The van der Waals surface area contributed by atoms with Gasteiger partial charge in [-0.15, -0.1) is 0 Å². The van der Waals surface area contributed by atoms with Gasteiger partial charge >= 0.3 is 0 Å². The van der Waals surface area contributed by atoms with Crippen molar-refractivity contribution < 1.29 is 18.0 Å². The zero-order valence-corrected chi connectivity index (χ0v) is 24.2. The van der Waals surface area contributed by atoms with E-state index in [9.17, 15) is 18.0 Å². The molecule has 2 aromatic carbocycles. The first-order chi connectivity index (χ1) is 17.4. The smallest absolute Gasteiger partial charge is 0.244 e. The molecule has 0 saturated heterocycles. The Morgan fingerprint density at radius 1 is 1.03 bits per heavy atom. The Morgan fingerprint density at radius 3 is 2.19 bits per heavy atom. The second kappa shape index (κ2) is 12.7. The molecule has 0 heterocycles. The number of benzene rings is 2. The zero-order chi connectivity index (χ0) is 27.3. The largest absolute Gasteiger partial charge is 0.352 e. The van der Waals surface area contributed by atoms with E-state index in [0.717, 1.165) is 47.4 Å². The third-order valence-electron chi connectivity index (χ3n) is 6.50. The van der Waals surface area contributed by atoms with Crippen molar-refractivity contribution in [3.05, 3.63) is 62.6 Å². The Morgan fingerprint density at radius 2 is 1.62 bits per heavy atom. The highest BCUT2D eigenvalue weighted by atomic mass is 35.5. The van der Waals surface area contributed by atoms with Gasteiger partial charge in [0.15, 0.2) is 0 Å². The number of amides is 2. The van der Waals surface area contributed by atoms with E-state index in [1.807, 2.05) is 38.1 Å². The maximum Gasteiger partial charge on any atom is 0.244 e. The summed E-state index contributed by atoms with van der Waals surface area (Å²) in [5, 5.41) is 3.37. The summed E-state index contributed by atoms with van der Waals surface area (Å²) in [4.78, 5) is 28.6. The van der Waals surface area contributed by atoms with Crippen molar-refractivity contribution in [2.45, 2.75) is 64.6 Å². The SMILES string of the molecule is CC[C@H](C(=O)NC1CCCC1)N(Cc1ccc(C)cc1)C(=O)CN(c1cc(Cl)c(Cl)cc1Cl)S(C)(=O)=O. The minimum atomic E-state index is -3.95. The molecule has 202 valence electrons. The molecule has 1 N–H and O–H groups in total. The molecule has 1 aliphatic carbocycles. The van der Waals surface area contributed by atoms with E-state index < -0.39 is 28.5 Å². The molecule has 3 rings (SSSR count). The topological polar surface area (TPSA) is 86.8 Å². The van der Waals surface area contributed by atoms with E-state index in [1.165, 1.54) is 17.0 Å². The third-order valence-corrected chi connectivity index (χ3v) is 8.65. The molecule has 1 saturated carbocycles. The molecule has 0 unspecified atom stereocenters. The fraction of sp³-hybridized carbons (Fsp3) is 0.462. The summed E-state index contributed by atoms with van der Waals surface area (Å²) in [6.45, 7) is 3.37. The number of carbonyl (C=O) groups excluding carboxylic acids is 2. The minimum Gasteiger partial charge on any atom is -0.352 e. The molecule has 0 aliphatic heterocycles. The summed E-state index contributed by atoms with van der Waals surface area (Å²) in [5.41, 5.74) is 1.92. The van der Waals surface area contributed by atoms with Gasteiger partial charge < -0.3 is 10.2 Å². The van der Waals surface area contributed by atoms with E-state index in [0.29, 0.717) is 6.42 Å².